The minimum absolute atomic E-state index is 0.0238. The smallest absolute Gasteiger partial charge is 0.316 e. The summed E-state index contributed by atoms with van der Waals surface area (Å²) in [6, 6.07) is 9.89. The molecule has 0 spiro atoms. The van der Waals surface area contributed by atoms with Gasteiger partial charge in [0.1, 0.15) is 18.0 Å². The molecule has 1 aromatic carbocycles. The topological polar surface area (TPSA) is 83.1 Å². The normalized spacial score (nSPS) is 28.5. The van der Waals surface area contributed by atoms with Crippen LogP contribution < -0.4 is 16.0 Å². The standard InChI is InChI=1S/C23H21ClF2N4O2/c24-13-9-15(25)19(16(26)10-13)14-11-27-21(31)20(14)29-22(32)30-23(7-8-23)18-6-5-12-3-1-2-4-17(12)28-18/h1-6,9-10,14-15,19-20H,7-8,11H2,(H,27,31)(H2,29,30,32)/t14-,15-,19?,20-/m0/s1. The van der Waals surface area contributed by atoms with Crippen LogP contribution in [0.25, 0.3) is 10.9 Å². The summed E-state index contributed by atoms with van der Waals surface area (Å²) in [5.41, 5.74) is 0.950. The number of aromatic nitrogens is 1. The molecule has 2 aromatic rings. The highest BCUT2D eigenvalue weighted by atomic mass is 35.5. The van der Waals surface area contributed by atoms with Crippen LogP contribution in [-0.2, 0) is 10.3 Å². The number of halogens is 3. The molecule has 1 aromatic heterocycles. The Hall–Kier alpha value is -3.00. The number of alkyl halides is 1. The SMILES string of the molecule is O=C(N[C@@H]1C(=O)NC[C@H]1C1C(F)=CC(Cl)=C[C@@H]1F)NC1(c2ccc3ccccc3n2)CC1. The largest absolute Gasteiger partial charge is 0.354 e. The number of hydrogen-bond acceptors (Lipinski definition) is 3. The van der Waals surface area contributed by atoms with E-state index in [2.05, 4.69) is 20.9 Å². The maximum atomic E-state index is 14.6. The predicted molar refractivity (Wildman–Crippen MR) is 116 cm³/mol. The van der Waals surface area contributed by atoms with Gasteiger partial charge in [-0.25, -0.2) is 13.6 Å². The molecule has 3 aliphatic rings. The molecule has 6 nitrogen and oxygen atoms in total. The number of pyridine rings is 1. The highest BCUT2D eigenvalue weighted by Gasteiger charge is 2.49. The van der Waals surface area contributed by atoms with Crippen molar-refractivity contribution in [2.75, 3.05) is 6.54 Å². The molecular formula is C23H21ClF2N4O2. The summed E-state index contributed by atoms with van der Waals surface area (Å²) in [4.78, 5) is 29.9. The van der Waals surface area contributed by atoms with Crippen LogP contribution in [0, 0.1) is 11.8 Å². The van der Waals surface area contributed by atoms with Gasteiger partial charge in [-0.2, -0.15) is 0 Å². The zero-order valence-corrected chi connectivity index (χ0v) is 17.7. The Balaban J connectivity index is 1.31. The molecule has 2 fully saturated rings. The van der Waals surface area contributed by atoms with E-state index in [4.69, 9.17) is 11.6 Å². The number of hydrogen-bond donors (Lipinski definition) is 3. The number of nitrogens with zero attached hydrogens (tertiary/aromatic N) is 1. The third kappa shape index (κ3) is 3.72. The number of amides is 3. The fourth-order valence-electron chi connectivity index (χ4n) is 4.57. The second-order valence-corrected chi connectivity index (χ2v) is 8.94. The van der Waals surface area contributed by atoms with Crippen LogP contribution >= 0.6 is 11.6 Å². The Morgan fingerprint density at radius 3 is 2.75 bits per heavy atom. The molecule has 32 heavy (non-hydrogen) atoms. The molecule has 9 heteroatoms. The highest BCUT2D eigenvalue weighted by Crippen LogP contribution is 2.45. The number of fused-ring (bicyclic) bond motifs is 1. The molecule has 5 rings (SSSR count). The summed E-state index contributed by atoms with van der Waals surface area (Å²) in [6.45, 7) is 0.0545. The average Bonchev–Trinajstić information content (AvgIpc) is 3.45. The van der Waals surface area contributed by atoms with Gasteiger partial charge in [0.25, 0.3) is 0 Å². The Morgan fingerprint density at radius 2 is 2.00 bits per heavy atom. The molecule has 0 bridgehead atoms. The van der Waals surface area contributed by atoms with E-state index >= 15 is 0 Å². The lowest BCUT2D eigenvalue weighted by atomic mass is 9.81. The molecule has 3 N–H and O–H groups in total. The number of urea groups is 1. The lowest BCUT2D eigenvalue weighted by Crippen LogP contribution is -2.52. The zero-order chi connectivity index (χ0) is 22.5. The molecule has 4 atom stereocenters. The van der Waals surface area contributed by atoms with Gasteiger partial charge < -0.3 is 16.0 Å². The summed E-state index contributed by atoms with van der Waals surface area (Å²) in [5, 5.41) is 9.12. The van der Waals surface area contributed by atoms with Gasteiger partial charge in [0.15, 0.2) is 0 Å². The molecule has 1 unspecified atom stereocenters. The lowest BCUT2D eigenvalue weighted by molar-refractivity contribution is -0.121. The third-order valence-corrected chi connectivity index (χ3v) is 6.65. The van der Waals surface area contributed by atoms with Crippen LogP contribution in [-0.4, -0.2) is 35.7 Å². The van der Waals surface area contributed by atoms with Crippen molar-refractivity contribution in [2.24, 2.45) is 11.8 Å². The van der Waals surface area contributed by atoms with Crippen LogP contribution in [0.3, 0.4) is 0 Å². The van der Waals surface area contributed by atoms with Crippen molar-refractivity contribution in [3.05, 3.63) is 65.1 Å². The fraction of sp³-hybridized carbons (Fsp3) is 0.348. The summed E-state index contributed by atoms with van der Waals surface area (Å²) in [6.07, 6.45) is 1.89. The summed E-state index contributed by atoms with van der Waals surface area (Å²) < 4.78 is 29.0. The molecule has 166 valence electrons. The summed E-state index contributed by atoms with van der Waals surface area (Å²) >= 11 is 5.74. The second kappa shape index (κ2) is 7.85. The number of benzene rings is 1. The van der Waals surface area contributed by atoms with Gasteiger partial charge in [-0.1, -0.05) is 35.9 Å². The quantitative estimate of drug-likeness (QED) is 0.655. The third-order valence-electron chi connectivity index (χ3n) is 6.42. The van der Waals surface area contributed by atoms with Crippen molar-refractivity contribution >= 4 is 34.4 Å². The number of nitrogens with one attached hydrogen (secondary N) is 3. The molecule has 3 amide bonds. The van der Waals surface area contributed by atoms with Crippen LogP contribution in [0.1, 0.15) is 18.5 Å². The minimum Gasteiger partial charge on any atom is -0.354 e. The summed E-state index contributed by atoms with van der Waals surface area (Å²) in [7, 11) is 0. The zero-order valence-electron chi connectivity index (χ0n) is 16.9. The van der Waals surface area contributed by atoms with Gasteiger partial charge >= 0.3 is 6.03 Å². The average molecular weight is 459 g/mol. The van der Waals surface area contributed by atoms with Crippen LogP contribution in [0.5, 0.6) is 0 Å². The Bertz CT molecular complexity index is 1160. The van der Waals surface area contributed by atoms with Gasteiger partial charge in [0.05, 0.1) is 22.7 Å². The van der Waals surface area contributed by atoms with E-state index in [0.29, 0.717) is 12.8 Å². The van der Waals surface area contributed by atoms with Crippen molar-refractivity contribution in [1.82, 2.24) is 20.9 Å². The van der Waals surface area contributed by atoms with Gasteiger partial charge in [0.2, 0.25) is 5.91 Å². The first-order valence-electron chi connectivity index (χ1n) is 10.5. The monoisotopic (exact) mass is 458 g/mol. The van der Waals surface area contributed by atoms with Crippen molar-refractivity contribution in [3.63, 3.8) is 0 Å². The molecule has 1 saturated heterocycles. The van der Waals surface area contributed by atoms with Gasteiger partial charge in [-0.15, -0.1) is 0 Å². The maximum absolute atomic E-state index is 14.6. The van der Waals surface area contributed by atoms with E-state index < -0.39 is 47.4 Å². The Labute approximate surface area is 188 Å². The van der Waals surface area contributed by atoms with E-state index in [1.165, 1.54) is 0 Å². The highest BCUT2D eigenvalue weighted by molar-refractivity contribution is 6.31. The first-order chi connectivity index (χ1) is 15.4. The number of para-hydroxylation sites is 1. The Morgan fingerprint density at radius 1 is 1.22 bits per heavy atom. The second-order valence-electron chi connectivity index (χ2n) is 8.51. The number of carbonyl (C=O) groups is 2. The first-order valence-corrected chi connectivity index (χ1v) is 10.9. The van der Waals surface area contributed by atoms with Crippen molar-refractivity contribution in [3.8, 4) is 0 Å². The van der Waals surface area contributed by atoms with E-state index in [1.807, 2.05) is 36.4 Å². The van der Waals surface area contributed by atoms with E-state index in [1.54, 1.807) is 0 Å². The van der Waals surface area contributed by atoms with Gasteiger partial charge in [-0.05, 0) is 37.1 Å². The van der Waals surface area contributed by atoms with Crippen molar-refractivity contribution in [1.29, 1.82) is 0 Å². The molecular weight excluding hydrogens is 438 g/mol. The van der Waals surface area contributed by atoms with Crippen LogP contribution in [0.4, 0.5) is 13.6 Å². The first kappa shape index (κ1) is 20.9. The summed E-state index contributed by atoms with van der Waals surface area (Å²) in [5.74, 6) is -3.19. The maximum Gasteiger partial charge on any atom is 0.316 e. The lowest BCUT2D eigenvalue weighted by Gasteiger charge is -2.30. The predicted octanol–water partition coefficient (Wildman–Crippen LogP) is 3.58. The molecule has 2 aliphatic carbocycles. The van der Waals surface area contributed by atoms with Crippen LogP contribution in [0.2, 0.25) is 0 Å². The molecule has 2 heterocycles. The van der Waals surface area contributed by atoms with Crippen LogP contribution in [0.15, 0.2) is 59.4 Å². The Kier molecular flexibility index (Phi) is 5.12. The number of carbonyl (C=O) groups excluding carboxylic acids is 2. The van der Waals surface area contributed by atoms with Crippen molar-refractivity contribution < 1.29 is 18.4 Å². The fourth-order valence-corrected chi connectivity index (χ4v) is 4.79. The van der Waals surface area contributed by atoms with E-state index in [0.717, 1.165) is 28.7 Å². The van der Waals surface area contributed by atoms with Gasteiger partial charge in [0, 0.05) is 22.9 Å². The van der Waals surface area contributed by atoms with E-state index in [9.17, 15) is 18.4 Å². The van der Waals surface area contributed by atoms with Gasteiger partial charge in [-0.3, -0.25) is 9.78 Å². The van der Waals surface area contributed by atoms with Crippen molar-refractivity contribution in [2.45, 2.75) is 30.6 Å². The molecule has 1 aliphatic heterocycles. The minimum atomic E-state index is -1.69. The molecule has 0 radical (unpaired) electrons. The number of allylic oxidation sites excluding steroid dienone is 4. The molecule has 1 saturated carbocycles. The van der Waals surface area contributed by atoms with E-state index in [-0.39, 0.29) is 11.6 Å². The number of rotatable bonds is 4.